The molecule has 0 radical (unpaired) electrons. The summed E-state index contributed by atoms with van der Waals surface area (Å²) in [4.78, 5) is 0. The SMILES string of the molecule is Cc1[nH]ncc1CNCCS(=O)(=O)N(C)C. The van der Waals surface area contributed by atoms with Crippen LogP contribution >= 0.6 is 0 Å². The molecule has 0 fully saturated rings. The number of nitrogens with one attached hydrogen (secondary N) is 2. The molecule has 1 aromatic rings. The van der Waals surface area contributed by atoms with Gasteiger partial charge in [0.25, 0.3) is 0 Å². The zero-order chi connectivity index (χ0) is 12.2. The molecule has 92 valence electrons. The van der Waals surface area contributed by atoms with Crippen molar-refractivity contribution in [2.24, 2.45) is 0 Å². The number of hydrogen-bond donors (Lipinski definition) is 2. The molecular formula is C9H18N4O2S. The first-order valence-electron chi connectivity index (χ1n) is 5.03. The van der Waals surface area contributed by atoms with Crippen LogP contribution in [0.3, 0.4) is 0 Å². The number of aromatic amines is 1. The van der Waals surface area contributed by atoms with Gasteiger partial charge in [-0.25, -0.2) is 12.7 Å². The lowest BCUT2D eigenvalue weighted by Gasteiger charge is -2.11. The van der Waals surface area contributed by atoms with Crippen LogP contribution in [0, 0.1) is 6.92 Å². The monoisotopic (exact) mass is 246 g/mol. The van der Waals surface area contributed by atoms with Crippen molar-refractivity contribution in [3.8, 4) is 0 Å². The quantitative estimate of drug-likeness (QED) is 0.676. The Bertz CT molecular complexity index is 424. The van der Waals surface area contributed by atoms with Crippen LogP contribution in [0.1, 0.15) is 11.3 Å². The standard InChI is InChI=1S/C9H18N4O2S/c1-8-9(7-11-12-8)6-10-4-5-16(14,15)13(2)3/h7,10H,4-6H2,1-3H3,(H,11,12). The van der Waals surface area contributed by atoms with Gasteiger partial charge in [-0.3, -0.25) is 5.10 Å². The van der Waals surface area contributed by atoms with E-state index in [1.54, 1.807) is 6.20 Å². The summed E-state index contributed by atoms with van der Waals surface area (Å²) in [6.45, 7) is 3.00. The maximum absolute atomic E-state index is 11.4. The van der Waals surface area contributed by atoms with Crippen LogP contribution in [0.2, 0.25) is 0 Å². The van der Waals surface area contributed by atoms with Crippen molar-refractivity contribution in [3.63, 3.8) is 0 Å². The van der Waals surface area contributed by atoms with Gasteiger partial charge >= 0.3 is 0 Å². The third-order valence-electron chi connectivity index (χ3n) is 2.34. The van der Waals surface area contributed by atoms with Crippen LogP contribution in [0.4, 0.5) is 0 Å². The van der Waals surface area contributed by atoms with Gasteiger partial charge in [-0.2, -0.15) is 5.10 Å². The molecule has 0 spiro atoms. The molecule has 0 saturated carbocycles. The number of hydrogen-bond acceptors (Lipinski definition) is 4. The lowest BCUT2D eigenvalue weighted by atomic mass is 10.3. The molecule has 1 aromatic heterocycles. The average molecular weight is 246 g/mol. The summed E-state index contributed by atoms with van der Waals surface area (Å²) >= 11 is 0. The average Bonchev–Trinajstić information content (AvgIpc) is 2.59. The molecule has 7 heteroatoms. The van der Waals surface area contributed by atoms with Crippen LogP contribution < -0.4 is 5.32 Å². The highest BCUT2D eigenvalue weighted by Gasteiger charge is 2.12. The highest BCUT2D eigenvalue weighted by molar-refractivity contribution is 7.89. The highest BCUT2D eigenvalue weighted by atomic mass is 32.2. The molecule has 0 atom stereocenters. The van der Waals surface area contributed by atoms with E-state index < -0.39 is 10.0 Å². The van der Waals surface area contributed by atoms with Gasteiger partial charge in [-0.15, -0.1) is 0 Å². The fourth-order valence-corrected chi connectivity index (χ4v) is 1.93. The first-order chi connectivity index (χ1) is 7.43. The van der Waals surface area contributed by atoms with Crippen LogP contribution in [-0.2, 0) is 16.6 Å². The molecule has 1 heterocycles. The normalized spacial score (nSPS) is 12.2. The molecule has 0 bridgehead atoms. The van der Waals surface area contributed by atoms with E-state index in [-0.39, 0.29) is 5.75 Å². The Kier molecular flexibility index (Phi) is 4.45. The van der Waals surface area contributed by atoms with Gasteiger partial charge in [0, 0.05) is 38.4 Å². The van der Waals surface area contributed by atoms with Crippen molar-refractivity contribution in [3.05, 3.63) is 17.5 Å². The summed E-state index contributed by atoms with van der Waals surface area (Å²) in [7, 11) is -0.0275. The van der Waals surface area contributed by atoms with Gasteiger partial charge in [-0.1, -0.05) is 0 Å². The Morgan fingerprint density at radius 3 is 2.69 bits per heavy atom. The van der Waals surface area contributed by atoms with E-state index in [2.05, 4.69) is 15.5 Å². The van der Waals surface area contributed by atoms with Crippen molar-refractivity contribution in [2.45, 2.75) is 13.5 Å². The molecule has 0 aliphatic rings. The van der Waals surface area contributed by atoms with E-state index in [1.165, 1.54) is 18.4 Å². The fraction of sp³-hybridized carbons (Fsp3) is 0.667. The summed E-state index contributed by atoms with van der Waals surface area (Å²) in [5, 5.41) is 9.79. The molecule has 2 N–H and O–H groups in total. The summed E-state index contributed by atoms with van der Waals surface area (Å²) in [6.07, 6.45) is 1.74. The van der Waals surface area contributed by atoms with Gasteiger partial charge in [0.05, 0.1) is 11.9 Å². The smallest absolute Gasteiger partial charge is 0.214 e. The Morgan fingerprint density at radius 2 is 2.19 bits per heavy atom. The van der Waals surface area contributed by atoms with E-state index in [0.29, 0.717) is 13.1 Å². The summed E-state index contributed by atoms with van der Waals surface area (Å²) in [5.74, 6) is 0.108. The van der Waals surface area contributed by atoms with Crippen molar-refractivity contribution < 1.29 is 8.42 Å². The van der Waals surface area contributed by atoms with Crippen LogP contribution in [-0.4, -0.2) is 49.3 Å². The van der Waals surface area contributed by atoms with Crippen LogP contribution in [0.25, 0.3) is 0 Å². The minimum absolute atomic E-state index is 0.108. The molecule has 1 rings (SSSR count). The fourth-order valence-electron chi connectivity index (χ4n) is 1.16. The molecule has 0 aromatic carbocycles. The van der Waals surface area contributed by atoms with Gasteiger partial charge in [0.2, 0.25) is 10.0 Å². The van der Waals surface area contributed by atoms with Crippen molar-refractivity contribution in [2.75, 3.05) is 26.4 Å². The number of H-pyrrole nitrogens is 1. The third kappa shape index (κ3) is 3.58. The largest absolute Gasteiger partial charge is 0.311 e. The van der Waals surface area contributed by atoms with Crippen LogP contribution in [0.5, 0.6) is 0 Å². The minimum atomic E-state index is -3.10. The molecular weight excluding hydrogens is 228 g/mol. The minimum Gasteiger partial charge on any atom is -0.311 e. The van der Waals surface area contributed by atoms with Crippen molar-refractivity contribution in [1.82, 2.24) is 19.8 Å². The zero-order valence-electron chi connectivity index (χ0n) is 9.82. The Morgan fingerprint density at radius 1 is 1.50 bits per heavy atom. The maximum Gasteiger partial charge on any atom is 0.214 e. The predicted molar refractivity (Wildman–Crippen MR) is 62.5 cm³/mol. The lowest BCUT2D eigenvalue weighted by Crippen LogP contribution is -2.31. The zero-order valence-corrected chi connectivity index (χ0v) is 10.6. The number of nitrogens with zero attached hydrogens (tertiary/aromatic N) is 2. The second kappa shape index (κ2) is 5.42. The summed E-state index contributed by atoms with van der Waals surface area (Å²) < 4.78 is 24.1. The summed E-state index contributed by atoms with van der Waals surface area (Å²) in [5.41, 5.74) is 2.06. The van der Waals surface area contributed by atoms with E-state index in [9.17, 15) is 8.42 Å². The van der Waals surface area contributed by atoms with E-state index in [0.717, 1.165) is 11.3 Å². The van der Waals surface area contributed by atoms with Crippen molar-refractivity contribution >= 4 is 10.0 Å². The van der Waals surface area contributed by atoms with Gasteiger partial charge in [-0.05, 0) is 6.92 Å². The van der Waals surface area contributed by atoms with E-state index in [1.807, 2.05) is 6.92 Å². The predicted octanol–water partition coefficient (Wildman–Crippen LogP) is -0.301. The van der Waals surface area contributed by atoms with Gasteiger partial charge in [0.1, 0.15) is 0 Å². The molecule has 16 heavy (non-hydrogen) atoms. The highest BCUT2D eigenvalue weighted by Crippen LogP contribution is 2.01. The maximum atomic E-state index is 11.4. The number of aromatic nitrogens is 2. The van der Waals surface area contributed by atoms with Crippen molar-refractivity contribution in [1.29, 1.82) is 0 Å². The topological polar surface area (TPSA) is 78.1 Å². The second-order valence-corrected chi connectivity index (χ2v) is 6.10. The number of rotatable bonds is 6. The van der Waals surface area contributed by atoms with Gasteiger partial charge < -0.3 is 5.32 Å². The molecule has 0 aliphatic carbocycles. The first-order valence-corrected chi connectivity index (χ1v) is 6.64. The second-order valence-electron chi connectivity index (χ2n) is 3.80. The molecule has 6 nitrogen and oxygen atoms in total. The van der Waals surface area contributed by atoms with Gasteiger partial charge in [0.15, 0.2) is 0 Å². The number of sulfonamides is 1. The number of aryl methyl sites for hydroxylation is 1. The third-order valence-corrected chi connectivity index (χ3v) is 4.18. The lowest BCUT2D eigenvalue weighted by molar-refractivity contribution is 0.517. The molecule has 0 aliphatic heterocycles. The molecule has 0 amide bonds. The molecule has 0 saturated heterocycles. The first kappa shape index (κ1) is 13.1. The van der Waals surface area contributed by atoms with E-state index >= 15 is 0 Å². The van der Waals surface area contributed by atoms with Crippen LogP contribution in [0.15, 0.2) is 6.20 Å². The Labute approximate surface area is 96.1 Å². The Balaban J connectivity index is 2.30. The molecule has 0 unspecified atom stereocenters. The summed E-state index contributed by atoms with van der Waals surface area (Å²) in [6, 6.07) is 0. The van der Waals surface area contributed by atoms with E-state index in [4.69, 9.17) is 0 Å². The Hall–Kier alpha value is -0.920.